The molecule has 1 aromatic rings. The third-order valence-corrected chi connectivity index (χ3v) is 5.14. The Bertz CT molecular complexity index is 594. The number of piperazine rings is 1. The highest BCUT2D eigenvalue weighted by molar-refractivity contribution is 6.34. The fraction of sp³-hybridized carbons (Fsp3) is 0.647. The van der Waals surface area contributed by atoms with Crippen molar-refractivity contribution >= 4 is 17.8 Å². The molecule has 3 rings (SSSR count). The van der Waals surface area contributed by atoms with Crippen molar-refractivity contribution in [1.29, 1.82) is 0 Å². The van der Waals surface area contributed by atoms with Crippen molar-refractivity contribution in [2.45, 2.75) is 18.9 Å². The summed E-state index contributed by atoms with van der Waals surface area (Å²) in [4.78, 5) is 41.2. The van der Waals surface area contributed by atoms with Crippen LogP contribution in [0.25, 0.3) is 0 Å². The van der Waals surface area contributed by atoms with Gasteiger partial charge in [-0.15, -0.1) is 0 Å². The van der Waals surface area contributed by atoms with Crippen LogP contribution in [0.2, 0.25) is 0 Å². The van der Waals surface area contributed by atoms with Gasteiger partial charge in [-0.2, -0.15) is 0 Å². The molecule has 2 amide bonds. The first-order chi connectivity index (χ1) is 12.1. The van der Waals surface area contributed by atoms with Crippen LogP contribution >= 0.6 is 0 Å². The summed E-state index contributed by atoms with van der Waals surface area (Å²) in [6.45, 7) is 4.24. The molecule has 2 aliphatic heterocycles. The lowest BCUT2D eigenvalue weighted by Crippen LogP contribution is -2.55. The van der Waals surface area contributed by atoms with E-state index in [0.29, 0.717) is 32.1 Å². The number of carbonyl (C=O) groups is 2. The highest BCUT2D eigenvalue weighted by atomic mass is 16.2. The summed E-state index contributed by atoms with van der Waals surface area (Å²) >= 11 is 0. The molecule has 3 heterocycles. The van der Waals surface area contributed by atoms with Gasteiger partial charge >= 0.3 is 11.8 Å². The number of aromatic nitrogens is 2. The van der Waals surface area contributed by atoms with Gasteiger partial charge in [0, 0.05) is 51.7 Å². The largest absolute Gasteiger partial charge is 0.337 e. The van der Waals surface area contributed by atoms with Gasteiger partial charge in [-0.05, 0) is 39.0 Å². The Morgan fingerprint density at radius 2 is 1.64 bits per heavy atom. The second kappa shape index (κ2) is 7.77. The van der Waals surface area contributed by atoms with Gasteiger partial charge in [0.1, 0.15) is 0 Å². The molecule has 8 nitrogen and oxygen atoms in total. The zero-order valence-electron chi connectivity index (χ0n) is 15.0. The number of hydrogen-bond acceptors (Lipinski definition) is 6. The Balaban J connectivity index is 1.52. The van der Waals surface area contributed by atoms with Crippen molar-refractivity contribution in [2.75, 3.05) is 58.3 Å². The van der Waals surface area contributed by atoms with E-state index in [2.05, 4.69) is 21.9 Å². The van der Waals surface area contributed by atoms with E-state index >= 15 is 0 Å². The molecule has 0 radical (unpaired) electrons. The summed E-state index contributed by atoms with van der Waals surface area (Å²) in [5.41, 5.74) is 0. The lowest BCUT2D eigenvalue weighted by molar-refractivity contribution is -0.153. The Hall–Kier alpha value is -2.22. The van der Waals surface area contributed by atoms with Crippen LogP contribution in [-0.2, 0) is 9.59 Å². The summed E-state index contributed by atoms with van der Waals surface area (Å²) in [5, 5.41) is 0. The van der Waals surface area contributed by atoms with E-state index in [-0.39, 0.29) is 11.9 Å². The van der Waals surface area contributed by atoms with E-state index in [1.54, 1.807) is 35.3 Å². The molecule has 136 valence electrons. The van der Waals surface area contributed by atoms with E-state index in [1.807, 2.05) is 4.90 Å². The van der Waals surface area contributed by atoms with E-state index < -0.39 is 5.91 Å². The van der Waals surface area contributed by atoms with Crippen LogP contribution in [0.3, 0.4) is 0 Å². The molecule has 8 heteroatoms. The van der Waals surface area contributed by atoms with Crippen molar-refractivity contribution in [2.24, 2.45) is 0 Å². The van der Waals surface area contributed by atoms with Crippen molar-refractivity contribution < 1.29 is 9.59 Å². The number of anilines is 1. The number of hydrogen-bond donors (Lipinski definition) is 0. The van der Waals surface area contributed by atoms with Crippen LogP contribution in [-0.4, -0.2) is 95.9 Å². The fourth-order valence-corrected chi connectivity index (χ4v) is 3.40. The Morgan fingerprint density at radius 1 is 1.04 bits per heavy atom. The van der Waals surface area contributed by atoms with Crippen molar-refractivity contribution in [3.05, 3.63) is 18.5 Å². The van der Waals surface area contributed by atoms with E-state index in [4.69, 9.17) is 0 Å². The molecule has 0 aliphatic carbocycles. The Kier molecular flexibility index (Phi) is 5.47. The predicted octanol–water partition coefficient (Wildman–Crippen LogP) is -0.322. The lowest BCUT2D eigenvalue weighted by Gasteiger charge is -2.37. The maximum absolute atomic E-state index is 12.6. The number of likely N-dealkylation sites (tertiary alicyclic amines) is 1. The van der Waals surface area contributed by atoms with Crippen LogP contribution in [0.15, 0.2) is 18.5 Å². The molecule has 2 saturated heterocycles. The van der Waals surface area contributed by atoms with Gasteiger partial charge < -0.3 is 19.6 Å². The van der Waals surface area contributed by atoms with Crippen LogP contribution in [0.1, 0.15) is 12.8 Å². The molecule has 1 aromatic heterocycles. The predicted molar refractivity (Wildman–Crippen MR) is 94.1 cm³/mol. The standard InChI is InChI=1S/C17H26N6O2/c1-20-8-4-14(5-9-20)21(2)15(24)16(25)22-10-12-23(13-11-22)17-18-6-3-7-19-17/h3,6-7,14H,4-5,8-13H2,1-2H3. The van der Waals surface area contributed by atoms with Crippen LogP contribution in [0.5, 0.6) is 0 Å². The number of piperidine rings is 1. The van der Waals surface area contributed by atoms with E-state index in [9.17, 15) is 9.59 Å². The van der Waals surface area contributed by atoms with Crippen LogP contribution < -0.4 is 4.90 Å². The van der Waals surface area contributed by atoms with Gasteiger partial charge in [0.2, 0.25) is 5.95 Å². The second-order valence-corrected chi connectivity index (χ2v) is 6.78. The van der Waals surface area contributed by atoms with Gasteiger partial charge in [-0.25, -0.2) is 9.97 Å². The third-order valence-electron chi connectivity index (χ3n) is 5.14. The number of carbonyl (C=O) groups excluding carboxylic acids is 2. The smallest absolute Gasteiger partial charge is 0.312 e. The van der Waals surface area contributed by atoms with Gasteiger partial charge in [-0.3, -0.25) is 9.59 Å². The van der Waals surface area contributed by atoms with Crippen LogP contribution in [0.4, 0.5) is 5.95 Å². The van der Waals surface area contributed by atoms with Crippen LogP contribution in [0, 0.1) is 0 Å². The Labute approximate surface area is 148 Å². The number of likely N-dealkylation sites (N-methyl/N-ethyl adjacent to an activating group) is 1. The third kappa shape index (κ3) is 4.07. The minimum Gasteiger partial charge on any atom is -0.337 e. The Morgan fingerprint density at radius 3 is 2.24 bits per heavy atom. The van der Waals surface area contributed by atoms with Crippen molar-refractivity contribution in [3.8, 4) is 0 Å². The van der Waals surface area contributed by atoms with Gasteiger partial charge in [-0.1, -0.05) is 0 Å². The molecule has 0 saturated carbocycles. The van der Waals surface area contributed by atoms with E-state index in [0.717, 1.165) is 25.9 Å². The molecule has 0 N–H and O–H groups in total. The molecule has 0 spiro atoms. The lowest BCUT2D eigenvalue weighted by atomic mass is 10.0. The fourth-order valence-electron chi connectivity index (χ4n) is 3.40. The average molecular weight is 346 g/mol. The first-order valence-corrected chi connectivity index (χ1v) is 8.83. The minimum atomic E-state index is -0.393. The maximum atomic E-state index is 12.6. The van der Waals surface area contributed by atoms with Gasteiger partial charge in [0.15, 0.2) is 0 Å². The molecule has 25 heavy (non-hydrogen) atoms. The SMILES string of the molecule is CN1CCC(N(C)C(=O)C(=O)N2CCN(c3ncccn3)CC2)CC1. The highest BCUT2D eigenvalue weighted by Crippen LogP contribution is 2.16. The number of rotatable bonds is 2. The van der Waals surface area contributed by atoms with Gasteiger partial charge in [0.25, 0.3) is 0 Å². The number of amides is 2. The van der Waals surface area contributed by atoms with Gasteiger partial charge in [0.05, 0.1) is 0 Å². The van der Waals surface area contributed by atoms with Crippen molar-refractivity contribution in [1.82, 2.24) is 24.7 Å². The molecule has 2 aliphatic rings. The maximum Gasteiger partial charge on any atom is 0.312 e. The summed E-state index contributed by atoms with van der Waals surface area (Å²) in [6.07, 6.45) is 5.26. The zero-order valence-corrected chi connectivity index (χ0v) is 15.0. The molecular weight excluding hydrogens is 320 g/mol. The monoisotopic (exact) mass is 346 g/mol. The minimum absolute atomic E-state index is 0.159. The van der Waals surface area contributed by atoms with E-state index in [1.165, 1.54) is 0 Å². The quantitative estimate of drug-likeness (QED) is 0.684. The zero-order chi connectivity index (χ0) is 17.8. The highest BCUT2D eigenvalue weighted by Gasteiger charge is 2.32. The molecule has 0 unspecified atom stereocenters. The van der Waals surface area contributed by atoms with Crippen molar-refractivity contribution in [3.63, 3.8) is 0 Å². The second-order valence-electron chi connectivity index (χ2n) is 6.78. The molecule has 0 aromatic carbocycles. The molecular formula is C17H26N6O2. The summed E-state index contributed by atoms with van der Waals surface area (Å²) in [6, 6.07) is 1.94. The summed E-state index contributed by atoms with van der Waals surface area (Å²) in [7, 11) is 3.84. The first-order valence-electron chi connectivity index (χ1n) is 8.83. The summed E-state index contributed by atoms with van der Waals surface area (Å²) < 4.78 is 0. The number of nitrogens with zero attached hydrogens (tertiary/aromatic N) is 6. The molecule has 0 atom stereocenters. The first kappa shape index (κ1) is 17.6. The topological polar surface area (TPSA) is 72.9 Å². The summed E-state index contributed by atoms with van der Waals surface area (Å²) in [5.74, 6) is -0.113. The molecule has 0 bridgehead atoms. The molecule has 2 fully saturated rings. The average Bonchev–Trinajstić information content (AvgIpc) is 2.67. The normalized spacial score (nSPS) is 19.8.